The van der Waals surface area contributed by atoms with Gasteiger partial charge < -0.3 is 5.32 Å². The summed E-state index contributed by atoms with van der Waals surface area (Å²) in [6.45, 7) is 6.34. The minimum Gasteiger partial charge on any atom is -0.331 e. The van der Waals surface area contributed by atoms with E-state index >= 15 is 0 Å². The second-order valence-electron chi connectivity index (χ2n) is 4.81. The molecule has 5 heteroatoms. The van der Waals surface area contributed by atoms with Crippen molar-refractivity contribution < 1.29 is 4.79 Å². The summed E-state index contributed by atoms with van der Waals surface area (Å²) >= 11 is 5.11. The van der Waals surface area contributed by atoms with Crippen molar-refractivity contribution in [3.63, 3.8) is 0 Å². The standard InChI is InChI=1S/C15H23N3OS/c1-4-6-14(19)17-18-15(20)16-13-9-7-12(8-10-13)11(3)5-2/h7-11H,4-6H2,1-3H3,(H,17,19)(H2,16,18,20). The summed E-state index contributed by atoms with van der Waals surface area (Å²) in [5, 5.41) is 3.41. The number of carbonyl (C=O) groups excluding carboxylic acids is 1. The molecule has 3 N–H and O–H groups in total. The Kier molecular flexibility index (Phi) is 7.01. The minimum absolute atomic E-state index is 0.0660. The summed E-state index contributed by atoms with van der Waals surface area (Å²) in [7, 11) is 0. The SMILES string of the molecule is CCCC(=O)NNC(=S)Nc1ccc(C(C)CC)cc1. The number of anilines is 1. The Bertz CT molecular complexity index is 445. The van der Waals surface area contributed by atoms with Gasteiger partial charge >= 0.3 is 0 Å². The van der Waals surface area contributed by atoms with Crippen LogP contribution in [0, 0.1) is 0 Å². The fourth-order valence-corrected chi connectivity index (χ4v) is 1.88. The van der Waals surface area contributed by atoms with E-state index in [9.17, 15) is 4.79 Å². The molecule has 1 rings (SSSR count). The van der Waals surface area contributed by atoms with Gasteiger partial charge in [-0.05, 0) is 48.7 Å². The fraction of sp³-hybridized carbons (Fsp3) is 0.467. The average Bonchev–Trinajstić information content (AvgIpc) is 2.45. The largest absolute Gasteiger partial charge is 0.331 e. The second kappa shape index (κ2) is 8.53. The Hall–Kier alpha value is -1.62. The van der Waals surface area contributed by atoms with Crippen LogP contribution in [0.3, 0.4) is 0 Å². The number of hydrazine groups is 1. The van der Waals surface area contributed by atoms with Crippen molar-refractivity contribution in [2.45, 2.75) is 46.0 Å². The van der Waals surface area contributed by atoms with E-state index in [0.29, 0.717) is 17.5 Å². The van der Waals surface area contributed by atoms with Crippen molar-refractivity contribution in [1.29, 1.82) is 0 Å². The van der Waals surface area contributed by atoms with E-state index in [2.05, 4.69) is 42.1 Å². The highest BCUT2D eigenvalue weighted by atomic mass is 32.1. The summed E-state index contributed by atoms with van der Waals surface area (Å²) < 4.78 is 0. The van der Waals surface area contributed by atoms with Gasteiger partial charge in [0.05, 0.1) is 0 Å². The first-order valence-electron chi connectivity index (χ1n) is 7.02. The molecule has 1 aromatic rings. The third-order valence-corrected chi connectivity index (χ3v) is 3.35. The molecule has 0 heterocycles. The van der Waals surface area contributed by atoms with E-state index in [1.54, 1.807) is 0 Å². The van der Waals surface area contributed by atoms with Crippen LogP contribution in [-0.2, 0) is 4.79 Å². The summed E-state index contributed by atoms with van der Waals surface area (Å²) in [6, 6.07) is 8.16. The molecule has 110 valence electrons. The van der Waals surface area contributed by atoms with Gasteiger partial charge in [-0.15, -0.1) is 0 Å². The summed E-state index contributed by atoms with van der Waals surface area (Å²) in [6.07, 6.45) is 2.42. The molecule has 0 aliphatic carbocycles. The van der Waals surface area contributed by atoms with Crippen molar-refractivity contribution in [3.8, 4) is 0 Å². The molecule has 20 heavy (non-hydrogen) atoms. The van der Waals surface area contributed by atoms with E-state index in [4.69, 9.17) is 12.2 Å². The van der Waals surface area contributed by atoms with E-state index < -0.39 is 0 Å². The van der Waals surface area contributed by atoms with Crippen LogP contribution in [-0.4, -0.2) is 11.0 Å². The van der Waals surface area contributed by atoms with Crippen molar-refractivity contribution >= 4 is 28.9 Å². The van der Waals surface area contributed by atoms with Crippen molar-refractivity contribution in [1.82, 2.24) is 10.9 Å². The number of amides is 1. The lowest BCUT2D eigenvalue weighted by Crippen LogP contribution is -2.43. The van der Waals surface area contributed by atoms with Crippen LogP contribution in [0.1, 0.15) is 51.5 Å². The molecule has 0 fully saturated rings. The van der Waals surface area contributed by atoms with Gasteiger partial charge in [-0.2, -0.15) is 0 Å². The molecule has 0 spiro atoms. The molecule has 0 saturated heterocycles. The Morgan fingerprint density at radius 2 is 1.85 bits per heavy atom. The predicted octanol–water partition coefficient (Wildman–Crippen LogP) is 3.32. The summed E-state index contributed by atoms with van der Waals surface area (Å²) in [5.41, 5.74) is 7.45. The minimum atomic E-state index is -0.0660. The number of hydrogen-bond acceptors (Lipinski definition) is 2. The van der Waals surface area contributed by atoms with E-state index in [1.807, 2.05) is 19.1 Å². The van der Waals surface area contributed by atoms with Gasteiger partial charge in [0.25, 0.3) is 0 Å². The topological polar surface area (TPSA) is 53.2 Å². The number of hydrogen-bond donors (Lipinski definition) is 3. The van der Waals surface area contributed by atoms with Crippen LogP contribution >= 0.6 is 12.2 Å². The number of benzene rings is 1. The summed E-state index contributed by atoms with van der Waals surface area (Å²) in [4.78, 5) is 11.3. The van der Waals surface area contributed by atoms with Gasteiger partial charge in [0.2, 0.25) is 5.91 Å². The molecule has 0 bridgehead atoms. The maximum absolute atomic E-state index is 11.3. The quantitative estimate of drug-likeness (QED) is 0.576. The fourth-order valence-electron chi connectivity index (χ4n) is 1.71. The first-order valence-corrected chi connectivity index (χ1v) is 7.43. The number of thiocarbonyl (C=S) groups is 1. The second-order valence-corrected chi connectivity index (χ2v) is 5.22. The van der Waals surface area contributed by atoms with Crippen LogP contribution in [0.4, 0.5) is 5.69 Å². The van der Waals surface area contributed by atoms with Gasteiger partial charge in [0.15, 0.2) is 5.11 Å². The maximum Gasteiger partial charge on any atom is 0.238 e. The highest BCUT2D eigenvalue weighted by molar-refractivity contribution is 7.80. The first-order chi connectivity index (χ1) is 9.56. The molecule has 1 aromatic carbocycles. The summed E-state index contributed by atoms with van der Waals surface area (Å²) in [5.74, 6) is 0.492. The normalized spacial score (nSPS) is 11.6. The zero-order valence-electron chi connectivity index (χ0n) is 12.3. The molecule has 0 radical (unpaired) electrons. The third-order valence-electron chi connectivity index (χ3n) is 3.14. The molecular formula is C15H23N3OS. The molecule has 4 nitrogen and oxygen atoms in total. The van der Waals surface area contributed by atoms with E-state index in [-0.39, 0.29) is 5.91 Å². The van der Waals surface area contributed by atoms with Gasteiger partial charge in [0.1, 0.15) is 0 Å². The van der Waals surface area contributed by atoms with Crippen molar-refractivity contribution in [3.05, 3.63) is 29.8 Å². The van der Waals surface area contributed by atoms with Crippen LogP contribution < -0.4 is 16.2 Å². The molecule has 1 atom stereocenters. The lowest BCUT2D eigenvalue weighted by molar-refractivity contribution is -0.121. The Labute approximate surface area is 126 Å². The van der Waals surface area contributed by atoms with Gasteiger partial charge in [-0.25, -0.2) is 0 Å². The molecule has 0 aliphatic rings. The zero-order valence-corrected chi connectivity index (χ0v) is 13.1. The Balaban J connectivity index is 2.44. The number of carbonyl (C=O) groups is 1. The van der Waals surface area contributed by atoms with Crippen molar-refractivity contribution in [2.75, 3.05) is 5.32 Å². The highest BCUT2D eigenvalue weighted by Gasteiger charge is 2.04. The van der Waals surface area contributed by atoms with E-state index in [0.717, 1.165) is 18.5 Å². The lowest BCUT2D eigenvalue weighted by atomic mass is 9.99. The van der Waals surface area contributed by atoms with Crippen LogP contribution in [0.2, 0.25) is 0 Å². The molecule has 0 saturated carbocycles. The van der Waals surface area contributed by atoms with Gasteiger partial charge in [-0.3, -0.25) is 15.6 Å². The maximum atomic E-state index is 11.3. The van der Waals surface area contributed by atoms with Crippen LogP contribution in [0.15, 0.2) is 24.3 Å². The molecular weight excluding hydrogens is 270 g/mol. The smallest absolute Gasteiger partial charge is 0.238 e. The average molecular weight is 293 g/mol. The van der Waals surface area contributed by atoms with Gasteiger partial charge in [0, 0.05) is 12.1 Å². The molecule has 0 aliphatic heterocycles. The van der Waals surface area contributed by atoms with Crippen LogP contribution in [0.25, 0.3) is 0 Å². The molecule has 1 amide bonds. The Morgan fingerprint density at radius 3 is 2.40 bits per heavy atom. The molecule has 0 aromatic heterocycles. The number of rotatable bonds is 5. The van der Waals surface area contributed by atoms with E-state index in [1.165, 1.54) is 5.56 Å². The van der Waals surface area contributed by atoms with Crippen LogP contribution in [0.5, 0.6) is 0 Å². The van der Waals surface area contributed by atoms with Gasteiger partial charge in [-0.1, -0.05) is 32.9 Å². The zero-order chi connectivity index (χ0) is 15.0. The predicted molar refractivity (Wildman–Crippen MR) is 87.6 cm³/mol. The highest BCUT2D eigenvalue weighted by Crippen LogP contribution is 2.20. The first kappa shape index (κ1) is 16.4. The molecule has 1 unspecified atom stereocenters. The number of nitrogens with one attached hydrogen (secondary N) is 3. The van der Waals surface area contributed by atoms with Crippen molar-refractivity contribution in [2.24, 2.45) is 0 Å². The third kappa shape index (κ3) is 5.57. The Morgan fingerprint density at radius 1 is 1.20 bits per heavy atom. The monoisotopic (exact) mass is 293 g/mol. The lowest BCUT2D eigenvalue weighted by Gasteiger charge is -2.13.